The predicted molar refractivity (Wildman–Crippen MR) is 89.3 cm³/mol. The van der Waals surface area contributed by atoms with Crippen molar-refractivity contribution in [2.75, 3.05) is 19.6 Å². The molecule has 2 rings (SSSR count). The minimum Gasteiger partial charge on any atom is -0.444 e. The second-order valence-electron chi connectivity index (χ2n) is 6.91. The number of aromatic nitrogens is 2. The number of amides is 1. The van der Waals surface area contributed by atoms with Crippen LogP contribution in [0.2, 0.25) is 5.15 Å². The van der Waals surface area contributed by atoms with E-state index in [2.05, 4.69) is 15.5 Å². The number of nitrogens with one attached hydrogen (secondary N) is 1. The molecule has 0 aromatic carbocycles. The lowest BCUT2D eigenvalue weighted by molar-refractivity contribution is 0.0166. The zero-order valence-corrected chi connectivity index (χ0v) is 14.8. The molecule has 6 nitrogen and oxygen atoms in total. The van der Waals surface area contributed by atoms with Crippen LogP contribution in [-0.2, 0) is 11.3 Å². The summed E-state index contributed by atoms with van der Waals surface area (Å²) in [4.78, 5) is 13.9. The number of likely N-dealkylation sites (tertiary alicyclic amines) is 1. The summed E-state index contributed by atoms with van der Waals surface area (Å²) in [6, 6.07) is 3.59. The SMILES string of the molecule is CC(C)(C)OC(=O)N1CCC[C@H](CNCc2ccc(Cl)nn2)C1. The second kappa shape index (κ2) is 7.93. The van der Waals surface area contributed by atoms with E-state index in [1.807, 2.05) is 31.7 Å². The molecule has 0 spiro atoms. The number of hydrogen-bond acceptors (Lipinski definition) is 5. The molecular weight excluding hydrogens is 316 g/mol. The molecule has 128 valence electrons. The third-order valence-corrected chi connectivity index (χ3v) is 3.80. The smallest absolute Gasteiger partial charge is 0.410 e. The number of carbonyl (C=O) groups excluding carboxylic acids is 1. The fourth-order valence-electron chi connectivity index (χ4n) is 2.57. The van der Waals surface area contributed by atoms with E-state index in [4.69, 9.17) is 16.3 Å². The Morgan fingerprint density at radius 3 is 2.87 bits per heavy atom. The van der Waals surface area contributed by atoms with Gasteiger partial charge in [-0.3, -0.25) is 0 Å². The minimum absolute atomic E-state index is 0.217. The summed E-state index contributed by atoms with van der Waals surface area (Å²) in [5.41, 5.74) is 0.407. The summed E-state index contributed by atoms with van der Waals surface area (Å²) < 4.78 is 5.45. The van der Waals surface area contributed by atoms with Gasteiger partial charge in [0.1, 0.15) is 5.60 Å². The Kier molecular flexibility index (Phi) is 6.18. The van der Waals surface area contributed by atoms with Gasteiger partial charge in [0, 0.05) is 26.2 Å². The molecule has 0 saturated carbocycles. The van der Waals surface area contributed by atoms with E-state index in [1.165, 1.54) is 0 Å². The van der Waals surface area contributed by atoms with E-state index in [-0.39, 0.29) is 6.09 Å². The third-order valence-electron chi connectivity index (χ3n) is 3.60. The molecule has 1 atom stereocenters. The van der Waals surface area contributed by atoms with Crippen molar-refractivity contribution >= 4 is 17.7 Å². The lowest BCUT2D eigenvalue weighted by Gasteiger charge is -2.34. The maximum Gasteiger partial charge on any atom is 0.410 e. The molecule has 0 aliphatic carbocycles. The topological polar surface area (TPSA) is 67.3 Å². The average Bonchev–Trinajstić information content (AvgIpc) is 2.48. The second-order valence-corrected chi connectivity index (χ2v) is 7.30. The van der Waals surface area contributed by atoms with Crippen LogP contribution in [0.3, 0.4) is 0 Å². The van der Waals surface area contributed by atoms with E-state index in [0.717, 1.165) is 38.2 Å². The van der Waals surface area contributed by atoms with Gasteiger partial charge in [-0.15, -0.1) is 5.10 Å². The molecule has 1 saturated heterocycles. The van der Waals surface area contributed by atoms with Crippen molar-refractivity contribution < 1.29 is 9.53 Å². The van der Waals surface area contributed by atoms with Gasteiger partial charge in [0.05, 0.1) is 5.69 Å². The number of nitrogens with zero attached hydrogens (tertiary/aromatic N) is 3. The number of halogens is 1. The van der Waals surface area contributed by atoms with Gasteiger partial charge in [-0.1, -0.05) is 11.6 Å². The Balaban J connectivity index is 1.75. The maximum atomic E-state index is 12.1. The highest BCUT2D eigenvalue weighted by atomic mass is 35.5. The molecule has 23 heavy (non-hydrogen) atoms. The molecule has 1 aromatic heterocycles. The highest BCUT2D eigenvalue weighted by Gasteiger charge is 2.27. The zero-order valence-electron chi connectivity index (χ0n) is 14.0. The van der Waals surface area contributed by atoms with Crippen molar-refractivity contribution in [3.8, 4) is 0 Å². The number of carbonyl (C=O) groups is 1. The Morgan fingerprint density at radius 1 is 1.43 bits per heavy atom. The first-order valence-electron chi connectivity index (χ1n) is 8.00. The van der Waals surface area contributed by atoms with Gasteiger partial charge in [0.2, 0.25) is 0 Å². The van der Waals surface area contributed by atoms with Crippen LogP contribution in [-0.4, -0.2) is 46.4 Å². The highest BCUT2D eigenvalue weighted by Crippen LogP contribution is 2.19. The summed E-state index contributed by atoms with van der Waals surface area (Å²) in [7, 11) is 0. The molecule has 7 heteroatoms. The third kappa shape index (κ3) is 6.31. The van der Waals surface area contributed by atoms with Gasteiger partial charge < -0.3 is 15.0 Å². The molecular formula is C16H25ClN4O2. The standard InChI is InChI=1S/C16H25ClN4O2/c1-16(2,3)23-15(22)21-8-4-5-12(11-21)9-18-10-13-6-7-14(17)20-19-13/h6-7,12,18H,4-5,8-11H2,1-3H3/t12-/m1/s1. The summed E-state index contributed by atoms with van der Waals surface area (Å²) >= 11 is 5.72. The first-order chi connectivity index (χ1) is 10.8. The Morgan fingerprint density at radius 2 is 2.22 bits per heavy atom. The number of hydrogen-bond donors (Lipinski definition) is 1. The van der Waals surface area contributed by atoms with Gasteiger partial charge in [-0.25, -0.2) is 4.79 Å². The first kappa shape index (κ1) is 17.9. The molecule has 0 bridgehead atoms. The van der Waals surface area contributed by atoms with Crippen LogP contribution in [0, 0.1) is 5.92 Å². The van der Waals surface area contributed by atoms with E-state index < -0.39 is 5.60 Å². The molecule has 1 aliphatic rings. The van der Waals surface area contributed by atoms with Crippen molar-refractivity contribution in [2.45, 2.75) is 45.8 Å². The Bertz CT molecular complexity index is 516. The summed E-state index contributed by atoms with van der Waals surface area (Å²) in [5.74, 6) is 0.427. The average molecular weight is 341 g/mol. The fourth-order valence-corrected chi connectivity index (χ4v) is 2.67. The van der Waals surface area contributed by atoms with Gasteiger partial charge in [0.25, 0.3) is 0 Å². The highest BCUT2D eigenvalue weighted by molar-refractivity contribution is 6.29. The molecule has 0 radical (unpaired) electrons. The van der Waals surface area contributed by atoms with Crippen molar-refractivity contribution in [2.24, 2.45) is 5.92 Å². The van der Waals surface area contributed by atoms with Crippen LogP contribution in [0.1, 0.15) is 39.3 Å². The van der Waals surface area contributed by atoms with Crippen LogP contribution in [0.15, 0.2) is 12.1 Å². The lowest BCUT2D eigenvalue weighted by atomic mass is 9.98. The van der Waals surface area contributed by atoms with Crippen molar-refractivity contribution in [1.82, 2.24) is 20.4 Å². The monoisotopic (exact) mass is 340 g/mol. The molecule has 1 aliphatic heterocycles. The van der Waals surface area contributed by atoms with Crippen LogP contribution in [0.5, 0.6) is 0 Å². The zero-order chi connectivity index (χ0) is 16.9. The summed E-state index contributed by atoms with van der Waals surface area (Å²) in [6.45, 7) is 8.65. The van der Waals surface area contributed by atoms with Crippen molar-refractivity contribution in [3.63, 3.8) is 0 Å². The molecule has 1 aromatic rings. The van der Waals surface area contributed by atoms with Crippen LogP contribution in [0.4, 0.5) is 4.79 Å². The van der Waals surface area contributed by atoms with E-state index in [0.29, 0.717) is 17.6 Å². The predicted octanol–water partition coefficient (Wildman–Crippen LogP) is 2.87. The molecule has 0 unspecified atom stereocenters. The van der Waals surface area contributed by atoms with Gasteiger partial charge in [0.15, 0.2) is 5.15 Å². The number of ether oxygens (including phenoxy) is 1. The van der Waals surface area contributed by atoms with Crippen molar-refractivity contribution in [1.29, 1.82) is 0 Å². The summed E-state index contributed by atoms with van der Waals surface area (Å²) in [6.07, 6.45) is 1.90. The van der Waals surface area contributed by atoms with Crippen molar-refractivity contribution in [3.05, 3.63) is 23.0 Å². The van der Waals surface area contributed by atoms with Gasteiger partial charge in [-0.2, -0.15) is 5.10 Å². The van der Waals surface area contributed by atoms with E-state index in [1.54, 1.807) is 6.07 Å². The molecule has 2 heterocycles. The Hall–Kier alpha value is -1.40. The lowest BCUT2D eigenvalue weighted by Crippen LogP contribution is -2.45. The normalized spacial score (nSPS) is 18.8. The number of piperidine rings is 1. The van der Waals surface area contributed by atoms with Crippen LogP contribution in [0.25, 0.3) is 0 Å². The molecule has 1 N–H and O–H groups in total. The summed E-state index contributed by atoms with van der Waals surface area (Å²) in [5, 5.41) is 11.6. The van der Waals surface area contributed by atoms with E-state index in [9.17, 15) is 4.79 Å². The molecule has 1 amide bonds. The largest absolute Gasteiger partial charge is 0.444 e. The molecule has 1 fully saturated rings. The first-order valence-corrected chi connectivity index (χ1v) is 8.38. The fraction of sp³-hybridized carbons (Fsp3) is 0.688. The van der Waals surface area contributed by atoms with E-state index >= 15 is 0 Å². The van der Waals surface area contributed by atoms with Gasteiger partial charge in [-0.05, 0) is 51.7 Å². The Labute approximate surface area is 142 Å². The number of rotatable bonds is 4. The van der Waals surface area contributed by atoms with Crippen LogP contribution < -0.4 is 5.32 Å². The van der Waals surface area contributed by atoms with Gasteiger partial charge >= 0.3 is 6.09 Å². The minimum atomic E-state index is -0.449. The van der Waals surface area contributed by atoms with Crippen LogP contribution >= 0.6 is 11.6 Å². The maximum absolute atomic E-state index is 12.1. The quantitative estimate of drug-likeness (QED) is 0.912.